The maximum absolute atomic E-state index is 12.7. The molecule has 28 heavy (non-hydrogen) atoms. The molecule has 8 heteroatoms. The Kier molecular flexibility index (Phi) is 4.23. The van der Waals surface area contributed by atoms with Crippen molar-refractivity contribution < 1.29 is 23.7 Å². The van der Waals surface area contributed by atoms with Crippen molar-refractivity contribution >= 4 is 17.8 Å². The molecule has 140 valence electrons. The topological polar surface area (TPSA) is 103 Å². The van der Waals surface area contributed by atoms with Gasteiger partial charge in [-0.15, -0.1) is 0 Å². The molecule has 2 aromatic carbocycles. The van der Waals surface area contributed by atoms with E-state index in [1.807, 2.05) is 13.8 Å². The van der Waals surface area contributed by atoms with Crippen LogP contribution in [0.4, 0.5) is 0 Å². The van der Waals surface area contributed by atoms with Crippen molar-refractivity contribution in [2.24, 2.45) is 0 Å². The number of hydrogen-bond acceptors (Lipinski definition) is 7. The van der Waals surface area contributed by atoms with Crippen molar-refractivity contribution in [2.75, 3.05) is 0 Å². The lowest BCUT2D eigenvalue weighted by molar-refractivity contribution is -0.0584. The predicted molar refractivity (Wildman–Crippen MR) is 96.2 cm³/mol. The van der Waals surface area contributed by atoms with Crippen molar-refractivity contribution in [2.45, 2.75) is 19.8 Å². The fourth-order valence-corrected chi connectivity index (χ4v) is 2.81. The molecular weight excluding hydrogens is 362 g/mol. The second kappa shape index (κ2) is 6.73. The Balaban J connectivity index is 1.63. The molecule has 8 nitrogen and oxygen atoms in total. The fourth-order valence-electron chi connectivity index (χ4n) is 2.81. The summed E-state index contributed by atoms with van der Waals surface area (Å²) in [6.07, 6.45) is 0. The summed E-state index contributed by atoms with van der Waals surface area (Å²) in [4.78, 5) is 46.9. The van der Waals surface area contributed by atoms with E-state index in [1.54, 1.807) is 30.3 Å². The van der Waals surface area contributed by atoms with Gasteiger partial charge in [-0.3, -0.25) is 9.59 Å². The largest absolute Gasteiger partial charge is 0.364 e. The Labute approximate surface area is 159 Å². The number of carbonyl (C=O) groups excluding carboxylic acids is 3. The van der Waals surface area contributed by atoms with E-state index in [4.69, 9.17) is 9.36 Å². The van der Waals surface area contributed by atoms with Gasteiger partial charge in [0.25, 0.3) is 17.7 Å². The molecular formula is C20H15N3O5. The quantitative estimate of drug-likeness (QED) is 0.643. The van der Waals surface area contributed by atoms with Gasteiger partial charge in [-0.1, -0.05) is 48.3 Å². The van der Waals surface area contributed by atoms with Gasteiger partial charge in [-0.2, -0.15) is 4.98 Å². The number of hydrogen-bond donors (Lipinski definition) is 0. The zero-order valence-corrected chi connectivity index (χ0v) is 15.1. The predicted octanol–water partition coefficient (Wildman–Crippen LogP) is 3.23. The molecule has 0 N–H and O–H groups in total. The van der Waals surface area contributed by atoms with Crippen LogP contribution in [0.3, 0.4) is 0 Å². The summed E-state index contributed by atoms with van der Waals surface area (Å²) < 4.78 is 5.25. The molecule has 4 rings (SSSR count). The first-order chi connectivity index (χ1) is 13.5. The molecule has 0 saturated carbocycles. The highest BCUT2D eigenvalue weighted by Crippen LogP contribution is 2.27. The van der Waals surface area contributed by atoms with Gasteiger partial charge in [0.05, 0.1) is 22.3 Å². The van der Waals surface area contributed by atoms with E-state index in [2.05, 4.69) is 10.1 Å². The molecule has 1 aromatic heterocycles. The summed E-state index contributed by atoms with van der Waals surface area (Å²) in [5.41, 5.74) is 0.820. The van der Waals surface area contributed by atoms with Gasteiger partial charge in [0, 0.05) is 5.92 Å². The van der Waals surface area contributed by atoms with Crippen LogP contribution >= 0.6 is 0 Å². The molecule has 0 fully saturated rings. The van der Waals surface area contributed by atoms with E-state index in [0.717, 1.165) is 0 Å². The lowest BCUT2D eigenvalue weighted by atomic mass is 10.1. The van der Waals surface area contributed by atoms with Crippen LogP contribution in [0, 0.1) is 0 Å². The number of imide groups is 1. The first kappa shape index (κ1) is 17.6. The number of aromatic nitrogens is 2. The first-order valence-electron chi connectivity index (χ1n) is 8.60. The van der Waals surface area contributed by atoms with Crippen LogP contribution in [0.15, 0.2) is 53.1 Å². The number of carbonyl (C=O) groups is 3. The van der Waals surface area contributed by atoms with Crippen LogP contribution in [0.5, 0.6) is 0 Å². The standard InChI is InChI=1S/C20H15N3O5/c1-11(2)16-21-17(27-22-16)12-7-3-6-10-15(12)20(26)28-23-18(24)13-8-4-5-9-14(13)19(23)25/h3-11H,1-2H3. The van der Waals surface area contributed by atoms with Crippen molar-refractivity contribution in [1.29, 1.82) is 0 Å². The van der Waals surface area contributed by atoms with Crippen LogP contribution in [0.2, 0.25) is 0 Å². The highest BCUT2D eigenvalue weighted by atomic mass is 16.7. The van der Waals surface area contributed by atoms with Gasteiger partial charge in [0.15, 0.2) is 5.82 Å². The molecule has 0 unspecified atom stereocenters. The summed E-state index contributed by atoms with van der Waals surface area (Å²) in [6.45, 7) is 3.83. The third-order valence-electron chi connectivity index (χ3n) is 4.27. The Morgan fingerprint density at radius 1 is 0.964 bits per heavy atom. The maximum atomic E-state index is 12.7. The van der Waals surface area contributed by atoms with E-state index >= 15 is 0 Å². The minimum atomic E-state index is -0.880. The molecule has 1 aliphatic rings. The molecule has 0 saturated heterocycles. The zero-order chi connectivity index (χ0) is 19.8. The van der Waals surface area contributed by atoms with Gasteiger partial charge in [0.1, 0.15) is 0 Å². The van der Waals surface area contributed by atoms with Crippen molar-refractivity contribution in [3.05, 3.63) is 71.0 Å². The molecule has 0 radical (unpaired) electrons. The maximum Gasteiger partial charge on any atom is 0.364 e. The van der Waals surface area contributed by atoms with Crippen molar-refractivity contribution in [1.82, 2.24) is 15.2 Å². The van der Waals surface area contributed by atoms with E-state index in [0.29, 0.717) is 16.5 Å². The second-order valence-electron chi connectivity index (χ2n) is 6.49. The molecule has 0 aliphatic carbocycles. The summed E-state index contributed by atoms with van der Waals surface area (Å²) in [7, 11) is 0. The van der Waals surface area contributed by atoms with E-state index < -0.39 is 17.8 Å². The normalized spacial score (nSPS) is 13.2. The van der Waals surface area contributed by atoms with Crippen LogP contribution in [0.1, 0.15) is 56.7 Å². The van der Waals surface area contributed by atoms with E-state index in [-0.39, 0.29) is 28.5 Å². The highest BCUT2D eigenvalue weighted by molar-refractivity contribution is 6.21. The van der Waals surface area contributed by atoms with E-state index in [1.165, 1.54) is 18.2 Å². The van der Waals surface area contributed by atoms with Gasteiger partial charge in [0.2, 0.25) is 0 Å². The minimum absolute atomic E-state index is 0.0509. The van der Waals surface area contributed by atoms with Crippen LogP contribution < -0.4 is 0 Å². The minimum Gasteiger partial charge on any atom is -0.334 e. The van der Waals surface area contributed by atoms with Gasteiger partial charge in [-0.05, 0) is 24.3 Å². The van der Waals surface area contributed by atoms with Crippen molar-refractivity contribution in [3.63, 3.8) is 0 Å². The molecule has 3 aromatic rings. The summed E-state index contributed by atoms with van der Waals surface area (Å²) >= 11 is 0. The zero-order valence-electron chi connectivity index (χ0n) is 15.1. The number of amides is 2. The van der Waals surface area contributed by atoms with Crippen LogP contribution in [-0.2, 0) is 4.84 Å². The first-order valence-corrected chi connectivity index (χ1v) is 8.60. The van der Waals surface area contributed by atoms with Crippen LogP contribution in [0.25, 0.3) is 11.5 Å². The molecule has 2 heterocycles. The lowest BCUT2D eigenvalue weighted by Gasteiger charge is -2.13. The number of fused-ring (bicyclic) bond motifs is 1. The molecule has 0 bridgehead atoms. The van der Waals surface area contributed by atoms with Crippen molar-refractivity contribution in [3.8, 4) is 11.5 Å². The Morgan fingerprint density at radius 3 is 2.11 bits per heavy atom. The fraction of sp³-hybridized carbons (Fsp3) is 0.150. The van der Waals surface area contributed by atoms with E-state index in [9.17, 15) is 14.4 Å². The molecule has 0 atom stereocenters. The molecule has 1 aliphatic heterocycles. The Bertz CT molecular complexity index is 1070. The van der Waals surface area contributed by atoms with Crippen LogP contribution in [-0.4, -0.2) is 33.0 Å². The van der Waals surface area contributed by atoms with Gasteiger partial charge >= 0.3 is 5.97 Å². The SMILES string of the molecule is CC(C)c1noc(-c2ccccc2C(=O)ON2C(=O)c3ccccc3C2=O)n1. The number of hydroxylamine groups is 2. The summed E-state index contributed by atoms with van der Waals surface area (Å²) in [5.74, 6) is -1.56. The average molecular weight is 377 g/mol. The second-order valence-corrected chi connectivity index (χ2v) is 6.49. The van der Waals surface area contributed by atoms with Gasteiger partial charge < -0.3 is 9.36 Å². The average Bonchev–Trinajstić information content (AvgIpc) is 3.29. The summed E-state index contributed by atoms with van der Waals surface area (Å²) in [5, 5.41) is 4.36. The molecule has 0 spiro atoms. The number of rotatable bonds is 4. The third-order valence-corrected chi connectivity index (χ3v) is 4.27. The number of nitrogens with zero attached hydrogens (tertiary/aromatic N) is 3. The monoisotopic (exact) mass is 377 g/mol. The Morgan fingerprint density at radius 2 is 1.54 bits per heavy atom. The Hall–Kier alpha value is -3.81. The highest BCUT2D eigenvalue weighted by Gasteiger charge is 2.39. The number of benzene rings is 2. The molecule has 2 amide bonds. The third kappa shape index (κ3) is 2.84. The smallest absolute Gasteiger partial charge is 0.334 e. The summed E-state index contributed by atoms with van der Waals surface area (Å²) in [6, 6.07) is 12.7. The van der Waals surface area contributed by atoms with Gasteiger partial charge in [-0.25, -0.2) is 4.79 Å². The lowest BCUT2D eigenvalue weighted by Crippen LogP contribution is -2.32.